The van der Waals surface area contributed by atoms with Gasteiger partial charge in [0.2, 0.25) is 0 Å². The van der Waals surface area contributed by atoms with E-state index in [-0.39, 0.29) is 12.6 Å². The third kappa shape index (κ3) is 5.77. The Morgan fingerprint density at radius 1 is 1.03 bits per heavy atom. The molecule has 5 heteroatoms. The second-order valence-electron chi connectivity index (χ2n) is 12.2. The summed E-state index contributed by atoms with van der Waals surface area (Å²) in [6.45, 7) is 13.0. The summed E-state index contributed by atoms with van der Waals surface area (Å²) >= 11 is 0. The topological polar surface area (TPSA) is 54.7 Å². The maximum atomic E-state index is 12.3. The highest BCUT2D eigenvalue weighted by Gasteiger charge is 2.32. The molecule has 1 aromatic carbocycles. The standard InChI is InChI=1S/C30H46N2O3/c1-21(2)22-10-12-23(13-11-22)31-17-14-24(15-18-31)32-27-9-7-6-8-25(27)26(20-33)28(32)16-19-35-29(34)30(3,4)5/h6-9,21-24,33H,10-20H2,1-5H3. The first-order chi connectivity index (χ1) is 16.7. The number of aliphatic hydroxyl groups is 1. The third-order valence-electron chi connectivity index (χ3n) is 8.54. The zero-order chi connectivity index (χ0) is 25.2. The van der Waals surface area contributed by atoms with Crippen molar-refractivity contribution in [3.8, 4) is 0 Å². The summed E-state index contributed by atoms with van der Waals surface area (Å²) in [6.07, 6.45) is 8.33. The number of likely N-dealkylation sites (tertiary alicyclic amines) is 1. The van der Waals surface area contributed by atoms with Crippen molar-refractivity contribution in [2.24, 2.45) is 17.3 Å². The van der Waals surface area contributed by atoms with E-state index in [0.717, 1.165) is 60.5 Å². The van der Waals surface area contributed by atoms with E-state index in [1.54, 1.807) is 0 Å². The van der Waals surface area contributed by atoms with E-state index >= 15 is 0 Å². The van der Waals surface area contributed by atoms with Crippen LogP contribution in [0.25, 0.3) is 10.9 Å². The van der Waals surface area contributed by atoms with E-state index in [4.69, 9.17) is 4.74 Å². The predicted molar refractivity (Wildman–Crippen MR) is 142 cm³/mol. The smallest absolute Gasteiger partial charge is 0.311 e. The molecule has 1 saturated heterocycles. The highest BCUT2D eigenvalue weighted by Crippen LogP contribution is 2.37. The molecule has 1 saturated carbocycles. The normalized spacial score (nSPS) is 22.7. The maximum Gasteiger partial charge on any atom is 0.311 e. The zero-order valence-corrected chi connectivity index (χ0v) is 22.6. The number of fused-ring (bicyclic) bond motifs is 1. The number of aliphatic hydroxyl groups excluding tert-OH is 1. The minimum atomic E-state index is -0.506. The molecular formula is C30H46N2O3. The summed E-state index contributed by atoms with van der Waals surface area (Å²) in [5, 5.41) is 11.4. The SMILES string of the molecule is CC(C)C1CCC(N2CCC(n3c(CCOC(=O)C(C)(C)C)c(CO)c4ccccc43)CC2)CC1. The monoisotopic (exact) mass is 482 g/mol. The number of carbonyl (C=O) groups is 1. The molecule has 5 nitrogen and oxygen atoms in total. The predicted octanol–water partition coefficient (Wildman–Crippen LogP) is 6.12. The fraction of sp³-hybridized carbons (Fsp3) is 0.700. The molecule has 1 aliphatic heterocycles. The van der Waals surface area contributed by atoms with E-state index in [0.29, 0.717) is 19.1 Å². The Morgan fingerprint density at radius 3 is 2.29 bits per heavy atom. The highest BCUT2D eigenvalue weighted by atomic mass is 16.5. The molecule has 1 aliphatic carbocycles. The van der Waals surface area contributed by atoms with E-state index < -0.39 is 5.41 Å². The van der Waals surface area contributed by atoms with Gasteiger partial charge in [-0.25, -0.2) is 0 Å². The molecule has 4 rings (SSSR count). The molecule has 35 heavy (non-hydrogen) atoms. The lowest BCUT2D eigenvalue weighted by Crippen LogP contribution is -2.44. The van der Waals surface area contributed by atoms with E-state index in [9.17, 15) is 9.90 Å². The molecule has 1 N–H and O–H groups in total. The number of para-hydroxylation sites is 1. The van der Waals surface area contributed by atoms with Crippen LogP contribution in [0.5, 0.6) is 0 Å². The molecule has 0 radical (unpaired) electrons. The number of rotatable bonds is 7. The van der Waals surface area contributed by atoms with Crippen molar-refractivity contribution in [3.05, 3.63) is 35.5 Å². The van der Waals surface area contributed by atoms with Crippen LogP contribution in [0.4, 0.5) is 0 Å². The van der Waals surface area contributed by atoms with Gasteiger partial charge in [-0.3, -0.25) is 4.79 Å². The van der Waals surface area contributed by atoms with E-state index in [1.807, 2.05) is 26.8 Å². The molecule has 194 valence electrons. The fourth-order valence-electron chi connectivity index (χ4n) is 6.35. The lowest BCUT2D eigenvalue weighted by atomic mass is 9.79. The molecule has 0 atom stereocenters. The van der Waals surface area contributed by atoms with Gasteiger partial charge in [-0.15, -0.1) is 0 Å². The van der Waals surface area contributed by atoms with Crippen molar-refractivity contribution in [3.63, 3.8) is 0 Å². The number of ether oxygens (including phenoxy) is 1. The summed E-state index contributed by atoms with van der Waals surface area (Å²) in [5.74, 6) is 1.54. The first-order valence-corrected chi connectivity index (χ1v) is 13.8. The Morgan fingerprint density at radius 2 is 1.69 bits per heavy atom. The molecule has 2 aliphatic rings. The second-order valence-corrected chi connectivity index (χ2v) is 12.2. The van der Waals surface area contributed by atoms with Gasteiger partial charge in [0.05, 0.1) is 18.6 Å². The van der Waals surface area contributed by atoms with E-state index in [1.165, 1.54) is 31.2 Å². The number of piperidine rings is 1. The van der Waals surface area contributed by atoms with Gasteiger partial charge < -0.3 is 19.3 Å². The minimum Gasteiger partial charge on any atom is -0.465 e. The van der Waals surface area contributed by atoms with Crippen LogP contribution in [0.3, 0.4) is 0 Å². The third-order valence-corrected chi connectivity index (χ3v) is 8.54. The van der Waals surface area contributed by atoms with Crippen molar-refractivity contribution in [2.75, 3.05) is 19.7 Å². The number of esters is 1. The quantitative estimate of drug-likeness (QED) is 0.483. The van der Waals surface area contributed by atoms with Crippen molar-refractivity contribution in [1.29, 1.82) is 0 Å². The van der Waals surface area contributed by atoms with Crippen LogP contribution in [-0.4, -0.2) is 46.3 Å². The summed E-state index contributed by atoms with van der Waals surface area (Å²) < 4.78 is 8.10. The van der Waals surface area contributed by atoms with Crippen molar-refractivity contribution < 1.29 is 14.6 Å². The van der Waals surface area contributed by atoms with Crippen LogP contribution in [-0.2, 0) is 22.6 Å². The molecule has 0 spiro atoms. The largest absolute Gasteiger partial charge is 0.465 e. The molecule has 2 aromatic rings. The van der Waals surface area contributed by atoms with Gasteiger partial charge in [0.15, 0.2) is 0 Å². The number of carbonyl (C=O) groups excluding carboxylic acids is 1. The van der Waals surface area contributed by atoms with Gasteiger partial charge in [0, 0.05) is 53.8 Å². The number of nitrogens with zero attached hydrogens (tertiary/aromatic N) is 2. The van der Waals surface area contributed by atoms with Crippen molar-refractivity contribution in [1.82, 2.24) is 9.47 Å². The van der Waals surface area contributed by atoms with Crippen LogP contribution < -0.4 is 0 Å². The molecule has 2 fully saturated rings. The lowest BCUT2D eigenvalue weighted by Gasteiger charge is -2.42. The summed E-state index contributed by atoms with van der Waals surface area (Å²) in [4.78, 5) is 15.1. The number of aromatic nitrogens is 1. The van der Waals surface area contributed by atoms with Crippen LogP contribution in [0, 0.1) is 17.3 Å². The second kappa shape index (κ2) is 11.0. The Kier molecular flexibility index (Phi) is 8.27. The van der Waals surface area contributed by atoms with Crippen LogP contribution in [0.15, 0.2) is 24.3 Å². The number of hydrogen-bond acceptors (Lipinski definition) is 4. The average molecular weight is 483 g/mol. The Bertz CT molecular complexity index is 987. The molecule has 2 heterocycles. The minimum absolute atomic E-state index is 0.00794. The van der Waals surface area contributed by atoms with Gasteiger partial charge in [-0.1, -0.05) is 32.0 Å². The van der Waals surface area contributed by atoms with Gasteiger partial charge in [-0.05, 0) is 77.2 Å². The summed E-state index contributed by atoms with van der Waals surface area (Å²) in [7, 11) is 0. The Labute approximate surface area is 211 Å². The average Bonchev–Trinajstić information content (AvgIpc) is 3.16. The Balaban J connectivity index is 1.49. The highest BCUT2D eigenvalue weighted by molar-refractivity contribution is 5.85. The molecule has 0 bridgehead atoms. The fourth-order valence-corrected chi connectivity index (χ4v) is 6.35. The van der Waals surface area contributed by atoms with Crippen LogP contribution >= 0.6 is 0 Å². The van der Waals surface area contributed by atoms with Gasteiger partial charge >= 0.3 is 5.97 Å². The molecule has 0 amide bonds. The summed E-state index contributed by atoms with van der Waals surface area (Å²) in [5.41, 5.74) is 2.81. The van der Waals surface area contributed by atoms with Gasteiger partial charge in [-0.2, -0.15) is 0 Å². The van der Waals surface area contributed by atoms with Crippen molar-refractivity contribution in [2.45, 2.75) is 98.3 Å². The van der Waals surface area contributed by atoms with Gasteiger partial charge in [0.1, 0.15) is 0 Å². The van der Waals surface area contributed by atoms with Crippen LogP contribution in [0.2, 0.25) is 0 Å². The zero-order valence-electron chi connectivity index (χ0n) is 22.6. The molecule has 1 aromatic heterocycles. The van der Waals surface area contributed by atoms with Gasteiger partial charge in [0.25, 0.3) is 0 Å². The first kappa shape index (κ1) is 26.2. The molecular weight excluding hydrogens is 436 g/mol. The Hall–Kier alpha value is -1.85. The lowest BCUT2D eigenvalue weighted by molar-refractivity contribution is -0.152. The maximum absolute atomic E-state index is 12.3. The number of hydrogen-bond donors (Lipinski definition) is 1. The molecule has 0 unspecified atom stereocenters. The number of benzene rings is 1. The summed E-state index contributed by atoms with van der Waals surface area (Å²) in [6, 6.07) is 9.59. The van der Waals surface area contributed by atoms with Crippen LogP contribution in [0.1, 0.15) is 90.4 Å². The van der Waals surface area contributed by atoms with Crippen molar-refractivity contribution >= 4 is 16.9 Å². The van der Waals surface area contributed by atoms with E-state index in [2.05, 4.69) is 41.5 Å². The first-order valence-electron chi connectivity index (χ1n) is 13.8.